The third-order valence-electron chi connectivity index (χ3n) is 5.74. The molecule has 10 nitrogen and oxygen atoms in total. The highest BCUT2D eigenvalue weighted by Crippen LogP contribution is 2.30. The summed E-state index contributed by atoms with van der Waals surface area (Å²) < 4.78 is 19.3. The van der Waals surface area contributed by atoms with Gasteiger partial charge in [-0.25, -0.2) is 4.39 Å². The lowest BCUT2D eigenvalue weighted by Gasteiger charge is -2.36. The Morgan fingerprint density at radius 3 is 2.17 bits per heavy atom. The Morgan fingerprint density at radius 1 is 1.00 bits per heavy atom. The second kappa shape index (κ2) is 12.1. The molecule has 2 aromatic carbocycles. The number of nitro benzene ring substituents is 1. The lowest BCUT2D eigenvalue weighted by Crippen LogP contribution is -2.49. The van der Waals surface area contributed by atoms with E-state index in [-0.39, 0.29) is 23.0 Å². The van der Waals surface area contributed by atoms with Crippen LogP contribution in [0.5, 0.6) is 0 Å². The summed E-state index contributed by atoms with van der Waals surface area (Å²) in [6.45, 7) is 4.03. The Morgan fingerprint density at radius 2 is 1.60 bits per heavy atom. The van der Waals surface area contributed by atoms with Gasteiger partial charge in [-0.15, -0.1) is 0 Å². The van der Waals surface area contributed by atoms with E-state index in [1.807, 2.05) is 9.80 Å². The van der Waals surface area contributed by atoms with E-state index >= 15 is 0 Å². The minimum atomic E-state index is -0.447. The van der Waals surface area contributed by atoms with Gasteiger partial charge in [0, 0.05) is 65.0 Å². The zero-order valence-electron chi connectivity index (χ0n) is 19.9. The molecule has 2 heterocycles. The van der Waals surface area contributed by atoms with Crippen LogP contribution in [0.25, 0.3) is 0 Å². The van der Waals surface area contributed by atoms with Crippen LogP contribution in [0.2, 0.25) is 0 Å². The van der Waals surface area contributed by atoms with Crippen LogP contribution in [0.4, 0.5) is 21.5 Å². The van der Waals surface area contributed by atoms with Gasteiger partial charge in [0.05, 0.1) is 23.8 Å². The second-order valence-electron chi connectivity index (χ2n) is 8.36. The number of ether oxygens (including phenoxy) is 1. The van der Waals surface area contributed by atoms with Crippen molar-refractivity contribution in [1.82, 2.24) is 9.80 Å². The maximum absolute atomic E-state index is 14.0. The number of halogens is 1. The van der Waals surface area contributed by atoms with E-state index in [1.54, 1.807) is 49.3 Å². The Labute approximate surface area is 203 Å². The smallest absolute Gasteiger partial charge is 0.293 e. The van der Waals surface area contributed by atoms with Gasteiger partial charge in [0.15, 0.2) is 0 Å². The van der Waals surface area contributed by atoms with Gasteiger partial charge in [-0.3, -0.25) is 19.7 Å². The molecule has 35 heavy (non-hydrogen) atoms. The number of morpholine rings is 1. The largest absolute Gasteiger partial charge is 0.378 e. The summed E-state index contributed by atoms with van der Waals surface area (Å²) in [7, 11) is 3.38. The van der Waals surface area contributed by atoms with Crippen LogP contribution in [0.3, 0.4) is 0 Å². The van der Waals surface area contributed by atoms with E-state index in [0.29, 0.717) is 63.9 Å². The number of carbonyl (C=O) groups is 2. The number of hydrogen-bond acceptors (Lipinski definition) is 7. The highest BCUT2D eigenvalue weighted by Gasteiger charge is 2.27. The SMILES string of the molecule is CN(C)C=O.O=C(c1ccc(N2CCOCC2)c([N+](=O)[O-])c1)N1CCN(c2ccccc2F)CC1. The van der Waals surface area contributed by atoms with Gasteiger partial charge in [-0.2, -0.15) is 0 Å². The van der Waals surface area contributed by atoms with Crippen molar-refractivity contribution in [1.29, 1.82) is 0 Å². The Hall–Kier alpha value is -3.73. The molecule has 0 saturated carbocycles. The number of anilines is 2. The molecule has 2 aliphatic rings. The predicted molar refractivity (Wildman–Crippen MR) is 130 cm³/mol. The molecule has 0 spiro atoms. The third kappa shape index (κ3) is 6.66. The van der Waals surface area contributed by atoms with Crippen molar-refractivity contribution in [3.8, 4) is 0 Å². The average Bonchev–Trinajstić information content (AvgIpc) is 2.89. The summed E-state index contributed by atoms with van der Waals surface area (Å²) in [6.07, 6.45) is 0.750. The zero-order chi connectivity index (χ0) is 25.4. The first-order valence-corrected chi connectivity index (χ1v) is 11.3. The molecule has 0 bridgehead atoms. The highest BCUT2D eigenvalue weighted by atomic mass is 19.1. The molecule has 0 unspecified atom stereocenters. The summed E-state index contributed by atoms with van der Waals surface area (Å²) in [5, 5.41) is 11.6. The van der Waals surface area contributed by atoms with Gasteiger partial charge in [-0.05, 0) is 24.3 Å². The molecule has 188 valence electrons. The van der Waals surface area contributed by atoms with Crippen molar-refractivity contribution in [2.45, 2.75) is 0 Å². The number of nitrogens with zero attached hydrogens (tertiary/aromatic N) is 5. The van der Waals surface area contributed by atoms with E-state index in [9.17, 15) is 24.1 Å². The van der Waals surface area contributed by atoms with Crippen LogP contribution in [0.1, 0.15) is 10.4 Å². The Balaban J connectivity index is 0.000000623. The average molecular weight is 488 g/mol. The first-order chi connectivity index (χ1) is 16.8. The number of amides is 2. The van der Waals surface area contributed by atoms with Gasteiger partial charge in [0.2, 0.25) is 6.41 Å². The molecular weight excluding hydrogens is 457 g/mol. The fraction of sp³-hybridized carbons (Fsp3) is 0.417. The van der Waals surface area contributed by atoms with E-state index in [2.05, 4.69) is 0 Å². The second-order valence-corrected chi connectivity index (χ2v) is 8.36. The maximum atomic E-state index is 14.0. The standard InChI is InChI=1S/C21H23FN4O4.C3H7NO/c22-17-3-1-2-4-18(17)23-7-9-25(10-8-23)21(27)16-5-6-19(20(15-16)26(28)29)24-11-13-30-14-12-24;1-4(2)3-5/h1-6,15H,7-14H2;3H,1-2H3. The molecule has 0 aliphatic carbocycles. The Bertz CT molecular complexity index is 1040. The normalized spacial score (nSPS) is 15.7. The molecule has 4 rings (SSSR count). The number of para-hydroxylation sites is 1. The van der Waals surface area contributed by atoms with Crippen molar-refractivity contribution in [3.05, 3.63) is 64.0 Å². The van der Waals surface area contributed by atoms with Gasteiger partial charge in [0.1, 0.15) is 11.5 Å². The van der Waals surface area contributed by atoms with Crippen LogP contribution >= 0.6 is 0 Å². The molecule has 2 aliphatic heterocycles. The number of rotatable bonds is 5. The topological polar surface area (TPSA) is 99.5 Å². The van der Waals surface area contributed by atoms with E-state index in [4.69, 9.17) is 4.74 Å². The van der Waals surface area contributed by atoms with E-state index in [1.165, 1.54) is 17.0 Å². The molecule has 0 radical (unpaired) electrons. The van der Waals surface area contributed by atoms with Crippen molar-refractivity contribution in [3.63, 3.8) is 0 Å². The molecule has 2 saturated heterocycles. The van der Waals surface area contributed by atoms with Gasteiger partial charge >= 0.3 is 0 Å². The summed E-state index contributed by atoms with van der Waals surface area (Å²) in [6, 6.07) is 11.2. The lowest BCUT2D eigenvalue weighted by molar-refractivity contribution is -0.384. The molecule has 0 atom stereocenters. The van der Waals surface area contributed by atoms with Crippen molar-refractivity contribution < 1.29 is 23.6 Å². The van der Waals surface area contributed by atoms with Crippen LogP contribution in [0, 0.1) is 15.9 Å². The van der Waals surface area contributed by atoms with Gasteiger partial charge in [-0.1, -0.05) is 12.1 Å². The van der Waals surface area contributed by atoms with Crippen molar-refractivity contribution >= 4 is 29.4 Å². The van der Waals surface area contributed by atoms with Crippen LogP contribution in [-0.4, -0.2) is 93.6 Å². The van der Waals surface area contributed by atoms with Gasteiger partial charge in [0.25, 0.3) is 11.6 Å². The quantitative estimate of drug-likeness (QED) is 0.362. The van der Waals surface area contributed by atoms with E-state index in [0.717, 1.165) is 6.41 Å². The summed E-state index contributed by atoms with van der Waals surface area (Å²) in [5.41, 5.74) is 1.24. The molecule has 2 aromatic rings. The van der Waals surface area contributed by atoms with Crippen LogP contribution in [-0.2, 0) is 9.53 Å². The lowest BCUT2D eigenvalue weighted by atomic mass is 10.1. The van der Waals surface area contributed by atoms with Crippen molar-refractivity contribution in [2.75, 3.05) is 76.4 Å². The summed E-state index contributed by atoms with van der Waals surface area (Å²) in [5.74, 6) is -0.536. The number of carbonyl (C=O) groups excluding carboxylic acids is 2. The predicted octanol–water partition coefficient (Wildman–Crippen LogP) is 2.24. The highest BCUT2D eigenvalue weighted by molar-refractivity contribution is 5.96. The minimum absolute atomic E-state index is 0.0762. The molecular formula is C24H30FN5O5. The maximum Gasteiger partial charge on any atom is 0.293 e. The molecule has 0 aromatic heterocycles. The van der Waals surface area contributed by atoms with E-state index < -0.39 is 4.92 Å². The monoisotopic (exact) mass is 487 g/mol. The summed E-state index contributed by atoms with van der Waals surface area (Å²) in [4.78, 5) is 40.5. The fourth-order valence-corrected chi connectivity index (χ4v) is 3.92. The zero-order valence-corrected chi connectivity index (χ0v) is 19.9. The first-order valence-electron chi connectivity index (χ1n) is 11.3. The van der Waals surface area contributed by atoms with Gasteiger partial charge < -0.3 is 24.3 Å². The summed E-state index contributed by atoms with van der Waals surface area (Å²) >= 11 is 0. The van der Waals surface area contributed by atoms with Crippen molar-refractivity contribution in [2.24, 2.45) is 0 Å². The fourth-order valence-electron chi connectivity index (χ4n) is 3.92. The first kappa shape index (κ1) is 25.9. The molecule has 11 heteroatoms. The molecule has 2 amide bonds. The number of benzene rings is 2. The molecule has 2 fully saturated rings. The number of nitro groups is 1. The molecule has 0 N–H and O–H groups in total. The minimum Gasteiger partial charge on any atom is -0.378 e. The third-order valence-corrected chi connectivity index (χ3v) is 5.74. The van der Waals surface area contributed by atoms with Crippen LogP contribution in [0.15, 0.2) is 42.5 Å². The number of piperazine rings is 1. The van der Waals surface area contributed by atoms with Crippen LogP contribution < -0.4 is 9.80 Å². The number of hydrogen-bond donors (Lipinski definition) is 0. The Kier molecular flexibility index (Phi) is 8.96.